The molecule has 9 aromatic rings. The number of nitrogen functional groups attached to an aromatic ring is 2. The monoisotopic (exact) mass is 1900 g/mol. The predicted molar refractivity (Wildman–Crippen MR) is 492 cm³/mol. The summed E-state index contributed by atoms with van der Waals surface area (Å²) in [5, 5.41) is 71.6. The number of benzene rings is 6. The van der Waals surface area contributed by atoms with Crippen molar-refractivity contribution in [2.45, 2.75) is 268 Å². The number of hydrogen-bond donors (Lipinski definition) is 2. The third-order valence-corrected chi connectivity index (χ3v) is 22.3. The topological polar surface area (TPSA) is 304 Å². The van der Waals surface area contributed by atoms with Gasteiger partial charge in [0.2, 0.25) is 6.33 Å². The minimum Gasteiger partial charge on any atom is -1.00 e. The Balaban J connectivity index is 0.000000493. The summed E-state index contributed by atoms with van der Waals surface area (Å²) in [5.41, 5.74) is 10.8. The van der Waals surface area contributed by atoms with Crippen LogP contribution in [0.3, 0.4) is 0 Å². The van der Waals surface area contributed by atoms with Gasteiger partial charge in [-0.25, -0.2) is 53.8 Å². The van der Waals surface area contributed by atoms with Gasteiger partial charge in [0.25, 0.3) is 39.6 Å². The van der Waals surface area contributed by atoms with E-state index in [2.05, 4.69) is 139 Å². The van der Waals surface area contributed by atoms with Crippen LogP contribution in [0.4, 0.5) is 0 Å². The number of alkyl halides is 3. The number of aromatic nitrogens is 9. The number of nitrogens with zero attached hydrogens (tertiary/aromatic N) is 21. The maximum Gasteiger partial charge on any atom is 0.286 e. The Kier molecular flexibility index (Phi) is 38.1. The molecule has 27 heteroatoms. The van der Waals surface area contributed by atoms with E-state index in [0.29, 0.717) is 13.1 Å². The zero-order chi connectivity index (χ0) is 93.4. The highest BCUT2D eigenvalue weighted by Crippen LogP contribution is 2.40. The van der Waals surface area contributed by atoms with Crippen molar-refractivity contribution < 1.29 is 21.7 Å². The lowest BCUT2D eigenvalue weighted by Crippen LogP contribution is -3.00. The van der Waals surface area contributed by atoms with E-state index in [0.717, 1.165) is 105 Å². The quantitative estimate of drug-likeness (QED) is 0.0350. The number of halogens is 4. The summed E-state index contributed by atoms with van der Waals surface area (Å²) in [6.45, 7) is 94.4. The molecule has 123 heavy (non-hydrogen) atoms. The zero-order valence-corrected chi connectivity index (χ0v) is 82.0. The van der Waals surface area contributed by atoms with Crippen LogP contribution in [0.25, 0.3) is 29.1 Å². The van der Waals surface area contributed by atoms with Crippen LogP contribution in [-0.2, 0) is 84.1 Å². The summed E-state index contributed by atoms with van der Waals surface area (Å²) in [7, 11) is 0. The van der Waals surface area contributed by atoms with E-state index in [-0.39, 0.29) is 20.7 Å². The van der Waals surface area contributed by atoms with Gasteiger partial charge in [-0.3, -0.25) is 5.84 Å². The van der Waals surface area contributed by atoms with Gasteiger partial charge < -0.3 is 51.9 Å². The van der Waals surface area contributed by atoms with E-state index in [1.807, 2.05) is 289 Å². The van der Waals surface area contributed by atoms with Gasteiger partial charge in [-0.05, 0) is 225 Å². The minimum absolute atomic E-state index is 0. The molecule has 3 heterocycles. The molecule has 0 aliphatic carbocycles. The highest BCUT2D eigenvalue weighted by molar-refractivity contribution is 9.24. The summed E-state index contributed by atoms with van der Waals surface area (Å²) in [4.78, 5) is 26.0. The van der Waals surface area contributed by atoms with Gasteiger partial charge in [-0.2, -0.15) is 36.7 Å². The van der Waals surface area contributed by atoms with Crippen molar-refractivity contribution in [2.24, 2.45) is 0 Å². The van der Waals surface area contributed by atoms with Crippen LogP contribution in [0.1, 0.15) is 270 Å². The average Bonchev–Trinajstić information content (AvgIpc) is 1.14. The third kappa shape index (κ3) is 30.6. The Hall–Kier alpha value is -11.9. The molecule has 640 valence electrons. The average molecular weight is 1910 g/mol. The fourth-order valence-corrected chi connectivity index (χ4v) is 11.9. The van der Waals surface area contributed by atoms with Gasteiger partial charge in [0.15, 0.2) is 0 Å². The van der Waals surface area contributed by atoms with Crippen LogP contribution < -0.4 is 33.3 Å². The second kappa shape index (κ2) is 43.8. The van der Waals surface area contributed by atoms with E-state index in [9.17, 15) is 31.6 Å². The summed E-state index contributed by atoms with van der Waals surface area (Å²) in [5.74, 6) is 10.7. The van der Waals surface area contributed by atoms with Crippen molar-refractivity contribution in [1.29, 1.82) is 31.6 Å². The molecule has 23 nitrogen and oxygen atoms in total. The molecule has 0 aliphatic rings. The second-order valence-electron chi connectivity index (χ2n) is 36.0. The molecule has 0 unspecified atom stereocenters. The van der Waals surface area contributed by atoms with Crippen molar-refractivity contribution in [1.82, 2.24) is 39.4 Å². The van der Waals surface area contributed by atoms with Gasteiger partial charge in [-0.1, -0.05) is 95.3 Å². The highest BCUT2D eigenvalue weighted by atomic mass is 79.9. The molecule has 0 fully saturated rings. The fourth-order valence-electron chi connectivity index (χ4n) is 11.1. The molecule has 0 radical (unpaired) electrons. The molecule has 0 amide bonds. The number of rotatable bonds is 18. The Bertz CT molecular complexity index is 5320. The summed E-state index contributed by atoms with van der Waals surface area (Å²) < 4.78 is 6.11. The Morgan fingerprint density at radius 1 is 0.374 bits per heavy atom. The van der Waals surface area contributed by atoms with E-state index in [4.69, 9.17) is 51.1 Å². The van der Waals surface area contributed by atoms with Crippen LogP contribution in [0.15, 0.2) is 147 Å². The van der Waals surface area contributed by atoms with Gasteiger partial charge in [0.1, 0.15) is 31.9 Å². The third-order valence-electron chi connectivity index (χ3n) is 20.6. The Morgan fingerprint density at radius 2 is 0.618 bits per heavy atom. The van der Waals surface area contributed by atoms with E-state index in [1.54, 1.807) is 22.0 Å². The minimum atomic E-state index is -0.645. The molecular formula is C96H113Br4N23. The fraction of sp³-hybridized carbons (Fsp3) is 0.438. The Morgan fingerprint density at radius 3 is 0.862 bits per heavy atom. The van der Waals surface area contributed by atoms with Crippen molar-refractivity contribution in [3.63, 3.8) is 0 Å². The normalized spacial score (nSPS) is 11.5. The molecule has 0 spiro atoms. The first-order valence-corrected chi connectivity index (χ1v) is 41.8. The highest BCUT2D eigenvalue weighted by Gasteiger charge is 2.36. The van der Waals surface area contributed by atoms with Crippen LogP contribution in [0, 0.1) is 121 Å². The summed E-state index contributed by atoms with van der Waals surface area (Å²) in [6.07, 6.45) is 9.18. The maximum absolute atomic E-state index is 9.43. The molecule has 0 aliphatic heterocycles. The molecule has 0 saturated carbocycles. The first-order valence-electron chi connectivity index (χ1n) is 38.8. The second-order valence-corrected chi connectivity index (χ2v) is 39.7. The zero-order valence-electron chi connectivity index (χ0n) is 75.6. The number of nitrogens with two attached hydrogens (primary N) is 2. The van der Waals surface area contributed by atoms with E-state index in [1.165, 1.54) is 34.7 Å². The van der Waals surface area contributed by atoms with Crippen LogP contribution in [-0.4, -0.2) is 39.4 Å². The first kappa shape index (κ1) is 107. The van der Waals surface area contributed by atoms with Crippen molar-refractivity contribution >= 4 is 47.8 Å². The smallest absolute Gasteiger partial charge is 0.286 e. The number of hydrogen-bond acceptors (Lipinski definition) is 13. The van der Waals surface area contributed by atoms with Crippen LogP contribution in [0.2, 0.25) is 0 Å². The van der Waals surface area contributed by atoms with Crippen molar-refractivity contribution in [3.05, 3.63) is 316 Å². The molecule has 0 atom stereocenters. The standard InChI is InChI=1S/C17H21N6.C17H19N5.C15H16Br2N2.C15H17BrN2.2C15H18N2.C2H4N4.BrH/c1-16(2,10-18)14-6-13(9-23-12-22(19)11-21-23)7-15(8-14)17(3,4)20-5;1-16(2,10-18)14-6-13(9-22-12-20-11-21-22)7-15(8-14)17(3,4)19-5;1-14(2,9-18)11-6-10(13(16)17)7-12(8-11)15(3,4)19-5;1-14(2,10-17)12-6-11(9-16)7-13(8-12)15(3,4)18-5;2*1-11-7-12(14(2,3)10-16)9-13(8-11)15(4,5)17-6;3-6-1-4-5-2-6;/h6-8,11-12H,9,19H2,1-4H3;6-8,11-12H,9H2,1-4H3;6-8,13H,1-4H3;6-8H,9H2,1-4H3;2*7-9H,1-5H3;1-2H,3H2;1H/q+1;;;;;;;/p-1. The number of aryl methyl sites for hydroxylation is 2. The molecular weight excluding hydrogens is 1790 g/mol. The lowest BCUT2D eigenvalue weighted by Gasteiger charge is -2.21. The largest absolute Gasteiger partial charge is 1.00 e. The van der Waals surface area contributed by atoms with Gasteiger partial charge in [-0.15, -0.1) is 19.6 Å². The van der Waals surface area contributed by atoms with Crippen LogP contribution >= 0.6 is 47.8 Å². The van der Waals surface area contributed by atoms with Crippen molar-refractivity contribution in [2.75, 3.05) is 11.7 Å². The molecule has 0 bridgehead atoms. The SMILES string of the molecule is Nn1cnnc1.[Br-].[C-]#[N+]C(C)(C)c1cc(C(Br)Br)cc(C(C)(C)C#N)c1.[C-]#[N+]C(C)(C)c1cc(C)cc(C(C)(C)C#N)c1.[C-]#[N+]C(C)(C)c1cc(C)cc(C(C)(C)C#N)c1.[C-]#[N+]C(C)(C)c1cc(CBr)cc(C(C)(C)C#N)c1.[C-]#[N+]C(C)(C)c1cc(Cn2c[n+](N)cn2)cc(C(C)(C)C#N)c1.[C-]#[N+]C(C)(C)c1cc(Cn2cncn2)cc(C(C)(C)C#N)c1. The lowest BCUT2D eigenvalue weighted by atomic mass is 9.81. The number of nitriles is 6. The van der Waals surface area contributed by atoms with E-state index >= 15 is 0 Å². The van der Waals surface area contributed by atoms with Crippen molar-refractivity contribution in [3.8, 4) is 36.4 Å². The van der Waals surface area contributed by atoms with Crippen LogP contribution in [0.5, 0.6) is 0 Å². The predicted octanol–water partition coefficient (Wildman–Crippen LogP) is 19.0. The van der Waals surface area contributed by atoms with Gasteiger partial charge in [0, 0.05) is 127 Å². The summed E-state index contributed by atoms with van der Waals surface area (Å²) in [6, 6.07) is 49.9. The van der Waals surface area contributed by atoms with Gasteiger partial charge >= 0.3 is 0 Å². The molecule has 6 aromatic carbocycles. The summed E-state index contributed by atoms with van der Waals surface area (Å²) >= 11 is 10.4. The Labute approximate surface area is 766 Å². The molecule has 9 rings (SSSR count). The molecule has 4 N–H and O–H groups in total. The van der Waals surface area contributed by atoms with E-state index < -0.39 is 65.7 Å². The maximum atomic E-state index is 9.43. The lowest BCUT2D eigenvalue weighted by molar-refractivity contribution is -0.639. The molecule has 0 saturated heterocycles. The van der Waals surface area contributed by atoms with Gasteiger partial charge in [0.05, 0.1) is 79.2 Å². The molecule has 3 aromatic heterocycles. The first-order chi connectivity index (χ1) is 56.2.